The van der Waals surface area contributed by atoms with Gasteiger partial charge in [-0.3, -0.25) is 4.68 Å². The largest absolute Gasteiger partial charge is 0.477 e. The summed E-state index contributed by atoms with van der Waals surface area (Å²) in [5.74, 6) is -0.483. The van der Waals surface area contributed by atoms with Gasteiger partial charge in [-0.1, -0.05) is 6.92 Å². The molecular weight excluding hydrogens is 208 g/mol. The third kappa shape index (κ3) is 1.81. The van der Waals surface area contributed by atoms with E-state index in [2.05, 4.69) is 22.0 Å². The molecule has 0 bridgehead atoms. The number of hydrogen-bond donors (Lipinski definition) is 2. The molecule has 0 aliphatic carbocycles. The van der Waals surface area contributed by atoms with Crippen molar-refractivity contribution in [3.05, 3.63) is 24.2 Å². The van der Waals surface area contributed by atoms with Crippen LogP contribution in [0.5, 0.6) is 0 Å². The maximum absolute atomic E-state index is 10.7. The summed E-state index contributed by atoms with van der Waals surface area (Å²) >= 11 is 0. The second-order valence-corrected chi connectivity index (χ2v) is 3.39. The van der Waals surface area contributed by atoms with E-state index in [1.54, 1.807) is 16.9 Å². The molecule has 84 valence electrons. The summed E-state index contributed by atoms with van der Waals surface area (Å²) in [7, 11) is 0. The Balaban J connectivity index is 2.34. The predicted molar refractivity (Wildman–Crippen MR) is 57.1 cm³/mol. The fraction of sp³-hybridized carbons (Fsp3) is 0.300. The minimum atomic E-state index is -1.01. The highest BCUT2D eigenvalue weighted by molar-refractivity contribution is 5.85. The second kappa shape index (κ2) is 4.18. The maximum atomic E-state index is 10.7. The van der Waals surface area contributed by atoms with Gasteiger partial charge in [-0.05, 0) is 12.5 Å². The number of rotatable bonds is 4. The zero-order chi connectivity index (χ0) is 11.5. The van der Waals surface area contributed by atoms with Crippen LogP contribution >= 0.6 is 0 Å². The van der Waals surface area contributed by atoms with Crippen molar-refractivity contribution in [3.63, 3.8) is 0 Å². The molecule has 0 aliphatic heterocycles. The molecule has 0 aromatic carbocycles. The third-order valence-electron chi connectivity index (χ3n) is 2.20. The molecule has 2 heterocycles. The standard InChI is InChI=1S/C10H12N4O2/c1-2-5-14-8(3-4-12-14)9-11-6-7(13-9)10(15)16/h3-4,6H,2,5H2,1H3,(H,11,13)(H,15,16). The molecule has 0 amide bonds. The smallest absolute Gasteiger partial charge is 0.353 e. The van der Waals surface area contributed by atoms with E-state index in [4.69, 9.17) is 5.11 Å². The van der Waals surface area contributed by atoms with Crippen molar-refractivity contribution in [2.75, 3.05) is 0 Å². The molecule has 2 N–H and O–H groups in total. The maximum Gasteiger partial charge on any atom is 0.353 e. The molecule has 2 aromatic heterocycles. The fourth-order valence-electron chi connectivity index (χ4n) is 1.48. The van der Waals surface area contributed by atoms with Crippen LogP contribution < -0.4 is 0 Å². The highest BCUT2D eigenvalue weighted by Gasteiger charge is 2.11. The second-order valence-electron chi connectivity index (χ2n) is 3.39. The number of aromatic carboxylic acids is 1. The van der Waals surface area contributed by atoms with Gasteiger partial charge in [-0.25, -0.2) is 9.78 Å². The molecule has 16 heavy (non-hydrogen) atoms. The molecule has 0 saturated carbocycles. The van der Waals surface area contributed by atoms with Crippen LogP contribution in [0.15, 0.2) is 18.5 Å². The normalized spacial score (nSPS) is 10.6. The summed E-state index contributed by atoms with van der Waals surface area (Å²) in [4.78, 5) is 17.5. The topological polar surface area (TPSA) is 83.8 Å². The van der Waals surface area contributed by atoms with Crippen LogP contribution in [0.2, 0.25) is 0 Å². The monoisotopic (exact) mass is 220 g/mol. The van der Waals surface area contributed by atoms with Crippen LogP contribution in [0, 0.1) is 0 Å². The Labute approximate surface area is 91.9 Å². The van der Waals surface area contributed by atoms with E-state index in [9.17, 15) is 4.79 Å². The predicted octanol–water partition coefficient (Wildman–Crippen LogP) is 1.38. The first-order valence-electron chi connectivity index (χ1n) is 5.03. The summed E-state index contributed by atoms with van der Waals surface area (Å²) in [6.07, 6.45) is 3.94. The number of imidazole rings is 1. The molecule has 6 heteroatoms. The number of aromatic nitrogens is 4. The molecule has 2 aromatic rings. The van der Waals surface area contributed by atoms with Crippen LogP contribution in [0.25, 0.3) is 11.5 Å². The van der Waals surface area contributed by atoms with Crippen molar-refractivity contribution in [2.24, 2.45) is 0 Å². The summed E-state index contributed by atoms with van der Waals surface area (Å²) < 4.78 is 1.80. The van der Waals surface area contributed by atoms with E-state index in [1.807, 2.05) is 0 Å². The number of nitrogens with one attached hydrogen (secondary N) is 1. The average Bonchev–Trinajstić information content (AvgIpc) is 2.84. The van der Waals surface area contributed by atoms with Crippen molar-refractivity contribution in [1.29, 1.82) is 0 Å². The van der Waals surface area contributed by atoms with Gasteiger partial charge in [-0.2, -0.15) is 5.10 Å². The number of hydrogen-bond acceptors (Lipinski definition) is 3. The number of carbonyl (C=O) groups is 1. The number of carboxylic acids is 1. The van der Waals surface area contributed by atoms with Crippen molar-refractivity contribution in [3.8, 4) is 11.5 Å². The summed E-state index contributed by atoms with van der Waals surface area (Å²) in [5.41, 5.74) is 0.883. The number of aryl methyl sites for hydroxylation is 1. The third-order valence-corrected chi connectivity index (χ3v) is 2.20. The Hall–Kier alpha value is -2.11. The van der Waals surface area contributed by atoms with Gasteiger partial charge in [0.15, 0.2) is 5.82 Å². The van der Waals surface area contributed by atoms with Crippen LogP contribution in [0.3, 0.4) is 0 Å². The quantitative estimate of drug-likeness (QED) is 0.815. The van der Waals surface area contributed by atoms with E-state index in [-0.39, 0.29) is 5.69 Å². The lowest BCUT2D eigenvalue weighted by Gasteiger charge is -2.02. The van der Waals surface area contributed by atoms with E-state index < -0.39 is 5.97 Å². The zero-order valence-corrected chi connectivity index (χ0v) is 8.84. The highest BCUT2D eigenvalue weighted by atomic mass is 16.4. The Morgan fingerprint density at radius 3 is 3.06 bits per heavy atom. The average molecular weight is 220 g/mol. The molecule has 0 radical (unpaired) electrons. The molecule has 0 spiro atoms. The van der Waals surface area contributed by atoms with Crippen molar-refractivity contribution in [2.45, 2.75) is 19.9 Å². The van der Waals surface area contributed by atoms with Gasteiger partial charge in [0.1, 0.15) is 11.4 Å². The van der Waals surface area contributed by atoms with Crippen molar-refractivity contribution in [1.82, 2.24) is 19.7 Å². The van der Waals surface area contributed by atoms with Gasteiger partial charge in [-0.15, -0.1) is 0 Å². The molecule has 2 rings (SSSR count). The van der Waals surface area contributed by atoms with Gasteiger partial charge < -0.3 is 10.1 Å². The Kier molecular flexibility index (Phi) is 2.72. The summed E-state index contributed by atoms with van der Waals surface area (Å²) in [6, 6.07) is 1.81. The Bertz CT molecular complexity index is 500. The van der Waals surface area contributed by atoms with Gasteiger partial charge in [0, 0.05) is 12.7 Å². The van der Waals surface area contributed by atoms with Crippen molar-refractivity contribution < 1.29 is 9.90 Å². The number of H-pyrrole nitrogens is 1. The molecule has 0 saturated heterocycles. The van der Waals surface area contributed by atoms with E-state index in [0.29, 0.717) is 5.82 Å². The van der Waals surface area contributed by atoms with Gasteiger partial charge in [0.2, 0.25) is 0 Å². The number of carboxylic acid groups (broad SMARTS) is 1. The van der Waals surface area contributed by atoms with E-state index >= 15 is 0 Å². The van der Waals surface area contributed by atoms with Gasteiger partial charge in [0.05, 0.1) is 6.20 Å². The van der Waals surface area contributed by atoms with Crippen molar-refractivity contribution >= 4 is 5.97 Å². The van der Waals surface area contributed by atoms with E-state index in [1.165, 1.54) is 6.20 Å². The summed E-state index contributed by atoms with van der Waals surface area (Å²) in [5, 5.41) is 12.9. The first kappa shape index (κ1) is 10.4. The van der Waals surface area contributed by atoms with Gasteiger partial charge >= 0.3 is 5.97 Å². The van der Waals surface area contributed by atoms with Gasteiger partial charge in [0.25, 0.3) is 0 Å². The number of nitrogens with zero attached hydrogens (tertiary/aromatic N) is 3. The zero-order valence-electron chi connectivity index (χ0n) is 8.84. The molecule has 0 atom stereocenters. The molecule has 0 unspecified atom stereocenters. The molecule has 0 aliphatic rings. The highest BCUT2D eigenvalue weighted by Crippen LogP contribution is 2.15. The first-order chi connectivity index (χ1) is 7.72. The lowest BCUT2D eigenvalue weighted by atomic mass is 10.4. The number of aromatic amines is 1. The fourth-order valence-corrected chi connectivity index (χ4v) is 1.48. The van der Waals surface area contributed by atoms with Crippen LogP contribution in [-0.2, 0) is 6.54 Å². The van der Waals surface area contributed by atoms with E-state index in [0.717, 1.165) is 18.7 Å². The first-order valence-corrected chi connectivity index (χ1v) is 5.03. The molecule has 6 nitrogen and oxygen atoms in total. The minimum Gasteiger partial charge on any atom is -0.477 e. The van der Waals surface area contributed by atoms with Crippen LogP contribution in [0.1, 0.15) is 23.8 Å². The SMILES string of the molecule is CCCn1nccc1-c1ncc(C(=O)O)[nH]1. The lowest BCUT2D eigenvalue weighted by molar-refractivity contribution is 0.0691. The van der Waals surface area contributed by atoms with Crippen LogP contribution in [0.4, 0.5) is 0 Å². The Morgan fingerprint density at radius 1 is 1.62 bits per heavy atom. The molecular formula is C10H12N4O2. The lowest BCUT2D eigenvalue weighted by Crippen LogP contribution is -2.02. The minimum absolute atomic E-state index is 0.0826. The Morgan fingerprint density at radius 2 is 2.44 bits per heavy atom. The molecule has 0 fully saturated rings. The van der Waals surface area contributed by atoms with Crippen LogP contribution in [-0.4, -0.2) is 30.8 Å². The summed E-state index contributed by atoms with van der Waals surface area (Å²) in [6.45, 7) is 2.84.